The Hall–Kier alpha value is -1.01. The molecule has 0 aromatic heterocycles. The van der Waals surface area contributed by atoms with Crippen LogP contribution in [0.1, 0.15) is 18.4 Å². The predicted molar refractivity (Wildman–Crippen MR) is 97.0 cm³/mol. The van der Waals surface area contributed by atoms with Gasteiger partial charge in [-0.25, -0.2) is 4.39 Å². The summed E-state index contributed by atoms with van der Waals surface area (Å²) in [4.78, 5) is 5.00. The first kappa shape index (κ1) is 18.8. The fourth-order valence-electron chi connectivity index (χ4n) is 4.58. The van der Waals surface area contributed by atoms with Gasteiger partial charge in [0.25, 0.3) is 0 Å². The molecule has 2 aliphatic rings. The third-order valence-corrected chi connectivity index (χ3v) is 6.01. The predicted octanol–water partition coefficient (Wildman–Crippen LogP) is 2.63. The minimum Gasteiger partial charge on any atom is -0.384 e. The van der Waals surface area contributed by atoms with Gasteiger partial charge in [0.15, 0.2) is 0 Å². The molecule has 3 rings (SSSR count). The maximum Gasteiger partial charge on any atom is 0.123 e. The van der Waals surface area contributed by atoms with Gasteiger partial charge in [-0.3, -0.25) is 4.90 Å². The Morgan fingerprint density at radius 3 is 2.64 bits per heavy atom. The summed E-state index contributed by atoms with van der Waals surface area (Å²) in [5, 5.41) is 0. The van der Waals surface area contributed by atoms with Crippen molar-refractivity contribution in [2.45, 2.75) is 19.4 Å². The summed E-state index contributed by atoms with van der Waals surface area (Å²) >= 11 is 0. The molecule has 140 valence electrons. The Morgan fingerprint density at radius 2 is 1.96 bits per heavy atom. The molecule has 1 atom stereocenters. The van der Waals surface area contributed by atoms with Crippen LogP contribution < -0.4 is 0 Å². The van der Waals surface area contributed by atoms with Crippen molar-refractivity contribution < 1.29 is 13.9 Å². The fraction of sp³-hybridized carbons (Fsp3) is 0.700. The first-order valence-electron chi connectivity index (χ1n) is 9.32. The highest BCUT2D eigenvalue weighted by atomic mass is 19.1. The number of likely N-dealkylation sites (tertiary alicyclic amines) is 2. The fourth-order valence-corrected chi connectivity index (χ4v) is 4.58. The maximum absolute atomic E-state index is 13.4. The van der Waals surface area contributed by atoms with Gasteiger partial charge in [0, 0.05) is 46.3 Å². The quantitative estimate of drug-likeness (QED) is 0.755. The number of hydrogen-bond donors (Lipinski definition) is 0. The maximum atomic E-state index is 13.4. The number of piperidine rings is 1. The van der Waals surface area contributed by atoms with Crippen LogP contribution in [0.2, 0.25) is 0 Å². The molecule has 25 heavy (non-hydrogen) atoms. The molecule has 4 nitrogen and oxygen atoms in total. The molecule has 1 spiro atoms. The van der Waals surface area contributed by atoms with Crippen molar-refractivity contribution in [1.29, 1.82) is 0 Å². The van der Waals surface area contributed by atoms with Crippen LogP contribution in [0.25, 0.3) is 0 Å². The van der Waals surface area contributed by atoms with Crippen molar-refractivity contribution in [3.05, 3.63) is 35.6 Å². The first-order valence-corrected chi connectivity index (χ1v) is 9.32. The molecule has 0 bridgehead atoms. The number of halogens is 1. The van der Waals surface area contributed by atoms with E-state index in [1.807, 2.05) is 13.2 Å². The standard InChI is InChI=1S/C20H31FN2O2/c1-24-11-10-23-14-18(15-25-2)20(16-23)6-8-22(9-7-20)13-17-4-3-5-19(21)12-17/h3-5,12,18H,6-11,13-16H2,1-2H3. The highest BCUT2D eigenvalue weighted by Gasteiger charge is 2.47. The Balaban J connectivity index is 1.58. The van der Waals surface area contributed by atoms with Gasteiger partial charge < -0.3 is 14.4 Å². The van der Waals surface area contributed by atoms with E-state index in [0.717, 1.165) is 58.0 Å². The van der Waals surface area contributed by atoms with Gasteiger partial charge in [-0.1, -0.05) is 12.1 Å². The van der Waals surface area contributed by atoms with Crippen LogP contribution in [0.4, 0.5) is 4.39 Å². The van der Waals surface area contributed by atoms with E-state index >= 15 is 0 Å². The molecule has 0 saturated carbocycles. The van der Waals surface area contributed by atoms with E-state index in [1.54, 1.807) is 19.2 Å². The third-order valence-electron chi connectivity index (χ3n) is 6.01. The molecule has 5 heteroatoms. The third kappa shape index (κ3) is 4.59. The summed E-state index contributed by atoms with van der Waals surface area (Å²) in [6.07, 6.45) is 2.39. The summed E-state index contributed by atoms with van der Waals surface area (Å²) in [7, 11) is 3.58. The molecule has 2 fully saturated rings. The van der Waals surface area contributed by atoms with E-state index in [1.165, 1.54) is 18.9 Å². The monoisotopic (exact) mass is 350 g/mol. The van der Waals surface area contributed by atoms with Crippen molar-refractivity contribution in [1.82, 2.24) is 9.80 Å². The SMILES string of the molecule is COCCN1CC(COC)C2(CCN(Cc3cccc(F)c3)CC2)C1. The molecule has 2 aliphatic heterocycles. The van der Waals surface area contributed by atoms with E-state index in [9.17, 15) is 4.39 Å². The largest absolute Gasteiger partial charge is 0.384 e. The van der Waals surface area contributed by atoms with Gasteiger partial charge in [0.2, 0.25) is 0 Å². The van der Waals surface area contributed by atoms with E-state index in [-0.39, 0.29) is 5.82 Å². The van der Waals surface area contributed by atoms with Crippen LogP contribution in [-0.2, 0) is 16.0 Å². The summed E-state index contributed by atoms with van der Waals surface area (Å²) in [5.41, 5.74) is 1.43. The molecule has 2 heterocycles. The molecule has 0 radical (unpaired) electrons. The zero-order valence-electron chi connectivity index (χ0n) is 15.5. The zero-order valence-corrected chi connectivity index (χ0v) is 15.5. The second-order valence-electron chi connectivity index (χ2n) is 7.65. The van der Waals surface area contributed by atoms with Crippen LogP contribution in [0.3, 0.4) is 0 Å². The van der Waals surface area contributed by atoms with E-state index in [2.05, 4.69) is 9.80 Å². The highest BCUT2D eigenvalue weighted by molar-refractivity contribution is 5.16. The van der Waals surface area contributed by atoms with Gasteiger partial charge in [-0.05, 0) is 49.0 Å². The highest BCUT2D eigenvalue weighted by Crippen LogP contribution is 2.44. The lowest BCUT2D eigenvalue weighted by Gasteiger charge is -2.42. The van der Waals surface area contributed by atoms with E-state index in [4.69, 9.17) is 9.47 Å². The number of nitrogens with zero attached hydrogens (tertiary/aromatic N) is 2. The normalized spacial score (nSPS) is 24.2. The first-order chi connectivity index (χ1) is 12.1. The summed E-state index contributed by atoms with van der Waals surface area (Å²) in [6.45, 7) is 7.90. The number of hydrogen-bond acceptors (Lipinski definition) is 4. The van der Waals surface area contributed by atoms with Crippen molar-refractivity contribution in [3.63, 3.8) is 0 Å². The van der Waals surface area contributed by atoms with Crippen molar-refractivity contribution in [3.8, 4) is 0 Å². The van der Waals surface area contributed by atoms with Crippen molar-refractivity contribution in [2.75, 3.05) is 60.2 Å². The molecule has 2 saturated heterocycles. The van der Waals surface area contributed by atoms with Crippen LogP contribution >= 0.6 is 0 Å². The number of benzene rings is 1. The second-order valence-corrected chi connectivity index (χ2v) is 7.65. The van der Waals surface area contributed by atoms with Crippen LogP contribution in [-0.4, -0.2) is 70.0 Å². The topological polar surface area (TPSA) is 24.9 Å². The lowest BCUT2D eigenvalue weighted by Crippen LogP contribution is -2.45. The Labute approximate surface area is 150 Å². The van der Waals surface area contributed by atoms with Gasteiger partial charge in [0.05, 0.1) is 13.2 Å². The Kier molecular flexibility index (Phi) is 6.44. The molecular weight excluding hydrogens is 319 g/mol. The summed E-state index contributed by atoms with van der Waals surface area (Å²) < 4.78 is 24.2. The number of ether oxygens (including phenoxy) is 2. The van der Waals surface area contributed by atoms with Gasteiger partial charge in [-0.15, -0.1) is 0 Å². The molecule has 1 aromatic rings. The molecule has 1 aromatic carbocycles. The minimum atomic E-state index is -0.143. The minimum absolute atomic E-state index is 0.143. The Bertz CT molecular complexity index is 546. The van der Waals surface area contributed by atoms with Crippen molar-refractivity contribution >= 4 is 0 Å². The molecule has 0 amide bonds. The molecule has 1 unspecified atom stereocenters. The number of rotatable bonds is 7. The number of methoxy groups -OCH3 is 2. The van der Waals surface area contributed by atoms with E-state index < -0.39 is 0 Å². The second kappa shape index (κ2) is 8.58. The lowest BCUT2D eigenvalue weighted by molar-refractivity contribution is 0.0348. The molecule has 0 N–H and O–H groups in total. The smallest absolute Gasteiger partial charge is 0.123 e. The van der Waals surface area contributed by atoms with Gasteiger partial charge in [-0.2, -0.15) is 0 Å². The van der Waals surface area contributed by atoms with E-state index in [0.29, 0.717) is 11.3 Å². The Morgan fingerprint density at radius 1 is 1.16 bits per heavy atom. The van der Waals surface area contributed by atoms with Gasteiger partial charge >= 0.3 is 0 Å². The lowest BCUT2D eigenvalue weighted by atomic mass is 9.71. The average molecular weight is 350 g/mol. The van der Waals surface area contributed by atoms with Crippen LogP contribution in [0.15, 0.2) is 24.3 Å². The zero-order chi connectivity index (χ0) is 17.7. The summed E-state index contributed by atoms with van der Waals surface area (Å²) in [5.74, 6) is 0.460. The average Bonchev–Trinajstić information content (AvgIpc) is 2.93. The molecule has 0 aliphatic carbocycles. The van der Waals surface area contributed by atoms with Crippen molar-refractivity contribution in [2.24, 2.45) is 11.3 Å². The van der Waals surface area contributed by atoms with Gasteiger partial charge in [0.1, 0.15) is 5.82 Å². The van der Waals surface area contributed by atoms with Crippen LogP contribution in [0.5, 0.6) is 0 Å². The summed E-state index contributed by atoms with van der Waals surface area (Å²) in [6, 6.07) is 6.98. The van der Waals surface area contributed by atoms with Crippen LogP contribution in [0, 0.1) is 17.2 Å². The molecular formula is C20H31FN2O2.